The molecule has 0 amide bonds. The van der Waals surface area contributed by atoms with Crippen molar-refractivity contribution in [2.24, 2.45) is 9.98 Å². The van der Waals surface area contributed by atoms with Crippen molar-refractivity contribution in [3.05, 3.63) is 60.2 Å². The van der Waals surface area contributed by atoms with Crippen LogP contribution in [0.5, 0.6) is 0 Å². The van der Waals surface area contributed by atoms with Gasteiger partial charge >= 0.3 is 33.2 Å². The number of pyridine rings is 2. The van der Waals surface area contributed by atoms with Crippen LogP contribution in [0.15, 0.2) is 58.8 Å². The molecule has 0 fully saturated rings. The predicted octanol–water partition coefficient (Wildman–Crippen LogP) is 3.39. The number of aromatic nitrogens is 2. The van der Waals surface area contributed by atoms with E-state index in [1.54, 1.807) is 24.8 Å². The van der Waals surface area contributed by atoms with Crippen LogP contribution in [0.25, 0.3) is 0 Å². The van der Waals surface area contributed by atoms with Crippen LogP contribution in [0.2, 0.25) is 0 Å². The number of nitrogens with zero attached hydrogens (tertiary/aromatic N) is 4. The van der Waals surface area contributed by atoms with E-state index in [9.17, 15) is 0 Å². The zero-order valence-electron chi connectivity index (χ0n) is 11.1. The van der Waals surface area contributed by atoms with Crippen LogP contribution in [0.1, 0.15) is 11.4 Å². The van der Waals surface area contributed by atoms with Crippen molar-refractivity contribution < 1.29 is 12.9 Å². The summed E-state index contributed by atoms with van der Waals surface area (Å²) in [6, 6.07) is 11.5. The molecule has 0 bridgehead atoms. The van der Waals surface area contributed by atoms with E-state index in [-0.39, 0.29) is 0 Å². The van der Waals surface area contributed by atoms with Gasteiger partial charge in [0.2, 0.25) is 0 Å². The summed E-state index contributed by atoms with van der Waals surface area (Å²) in [5.41, 5.74) is 1.73. The molecular weight excluding hydrogens is 354 g/mol. The van der Waals surface area contributed by atoms with E-state index < -0.39 is 0 Å². The third kappa shape index (κ3) is 9.31. The van der Waals surface area contributed by atoms with Gasteiger partial charge in [-0.3, -0.25) is 20.0 Å². The quantitative estimate of drug-likeness (QED) is 0.600. The molecule has 0 saturated carbocycles. The fourth-order valence-electron chi connectivity index (χ4n) is 1.34. The Balaban J connectivity index is 0.000000677. The van der Waals surface area contributed by atoms with Crippen LogP contribution in [-0.2, 0) is 12.9 Å². The van der Waals surface area contributed by atoms with Gasteiger partial charge in [0.25, 0.3) is 0 Å². The van der Waals surface area contributed by atoms with Crippen LogP contribution in [0.3, 0.4) is 0 Å². The van der Waals surface area contributed by atoms with Gasteiger partial charge in [-0.2, -0.15) is 0 Å². The van der Waals surface area contributed by atoms with Crippen molar-refractivity contribution in [3.8, 4) is 0 Å². The molecular formula is C14H14Cl2CoN4. The molecule has 0 aliphatic heterocycles. The molecule has 0 unspecified atom stereocenters. The average Bonchev–Trinajstić information content (AvgIpc) is 2.53. The van der Waals surface area contributed by atoms with Gasteiger partial charge in [-0.25, -0.2) is 0 Å². The number of rotatable bonds is 5. The summed E-state index contributed by atoms with van der Waals surface area (Å²) in [5.74, 6) is 0. The number of hydrogen-bond acceptors (Lipinski definition) is 4. The first-order chi connectivity index (χ1) is 10.4. The molecule has 0 saturated heterocycles. The Morgan fingerprint density at radius 1 is 0.857 bits per heavy atom. The van der Waals surface area contributed by atoms with Crippen molar-refractivity contribution in [3.63, 3.8) is 0 Å². The van der Waals surface area contributed by atoms with Crippen LogP contribution in [0, 0.1) is 0 Å². The third-order valence-electron chi connectivity index (χ3n) is 2.18. The number of aliphatic imine (C=N–C) groups is 2. The Morgan fingerprint density at radius 3 is 1.62 bits per heavy atom. The molecule has 21 heavy (non-hydrogen) atoms. The predicted molar refractivity (Wildman–Crippen MR) is 85.1 cm³/mol. The standard InChI is InChI=1S/C14H14N4.2ClH.Co/c1-3-7-17-13(5-1)11-15-9-10-16-12-14-6-2-4-8-18-14;;;/h1-8,11-12H,9-10H2;2*1H;/q;;;+2/p-2. The topological polar surface area (TPSA) is 50.5 Å². The van der Waals surface area contributed by atoms with Crippen LogP contribution in [0.4, 0.5) is 0 Å². The zero-order valence-corrected chi connectivity index (χ0v) is 13.6. The van der Waals surface area contributed by atoms with Gasteiger partial charge in [-0.05, 0) is 24.3 Å². The number of halogens is 2. The summed E-state index contributed by atoms with van der Waals surface area (Å²) >= 11 is 0.382. The second-order valence-corrected chi connectivity index (χ2v) is 5.35. The summed E-state index contributed by atoms with van der Waals surface area (Å²) in [6.07, 6.45) is 7.02. The van der Waals surface area contributed by atoms with Crippen LogP contribution in [-0.4, -0.2) is 35.5 Å². The zero-order chi connectivity index (χ0) is 15.2. The monoisotopic (exact) mass is 367 g/mol. The van der Waals surface area contributed by atoms with Gasteiger partial charge in [0.1, 0.15) is 0 Å². The Kier molecular flexibility index (Phi) is 10.6. The molecule has 0 radical (unpaired) electrons. The first-order valence-electron chi connectivity index (χ1n) is 6.02. The molecule has 2 heterocycles. The average molecular weight is 368 g/mol. The van der Waals surface area contributed by atoms with E-state index in [4.69, 9.17) is 20.3 Å². The van der Waals surface area contributed by atoms with Crippen LogP contribution < -0.4 is 0 Å². The minimum absolute atomic E-state index is 0.382. The third-order valence-corrected chi connectivity index (χ3v) is 2.18. The maximum absolute atomic E-state index is 4.73. The van der Waals surface area contributed by atoms with Gasteiger partial charge in [-0.15, -0.1) is 0 Å². The summed E-state index contributed by atoms with van der Waals surface area (Å²) in [7, 11) is 9.47. The Hall–Kier alpha value is -1.27. The van der Waals surface area contributed by atoms with Gasteiger partial charge in [0.15, 0.2) is 0 Å². The molecule has 0 atom stereocenters. The molecule has 0 spiro atoms. The first-order valence-corrected chi connectivity index (χ1v) is 8.88. The van der Waals surface area contributed by atoms with Gasteiger partial charge in [0.05, 0.1) is 24.5 Å². The van der Waals surface area contributed by atoms with E-state index >= 15 is 0 Å². The summed E-state index contributed by atoms with van der Waals surface area (Å²) in [5, 5.41) is 0. The second-order valence-electron chi connectivity index (χ2n) is 3.63. The molecule has 2 aromatic rings. The second kappa shape index (κ2) is 12.5. The van der Waals surface area contributed by atoms with Crippen LogP contribution >= 0.6 is 20.3 Å². The molecule has 7 heteroatoms. The Morgan fingerprint density at radius 2 is 1.29 bits per heavy atom. The van der Waals surface area contributed by atoms with E-state index in [1.807, 2.05) is 36.4 Å². The number of hydrogen-bond donors (Lipinski definition) is 0. The van der Waals surface area contributed by atoms with E-state index in [2.05, 4.69) is 20.0 Å². The molecule has 2 rings (SSSR count). The Bertz CT molecular complexity index is 486. The van der Waals surface area contributed by atoms with E-state index in [0.29, 0.717) is 26.0 Å². The molecule has 2 aromatic heterocycles. The first kappa shape index (κ1) is 17.8. The van der Waals surface area contributed by atoms with Crippen molar-refractivity contribution >= 4 is 32.7 Å². The van der Waals surface area contributed by atoms with E-state index in [0.717, 1.165) is 11.4 Å². The minimum atomic E-state index is 0.382. The molecule has 0 aromatic carbocycles. The van der Waals surface area contributed by atoms with Gasteiger partial charge in [0, 0.05) is 24.8 Å². The summed E-state index contributed by atoms with van der Waals surface area (Å²) < 4.78 is 0. The van der Waals surface area contributed by atoms with Crippen molar-refractivity contribution in [2.45, 2.75) is 0 Å². The van der Waals surface area contributed by atoms with Crippen molar-refractivity contribution in [1.29, 1.82) is 0 Å². The molecule has 0 aliphatic carbocycles. The van der Waals surface area contributed by atoms with Gasteiger partial charge in [-0.1, -0.05) is 12.1 Å². The Labute approximate surface area is 138 Å². The SMILES string of the molecule is C(=NCCN=Cc1ccccn1)c1ccccn1.[Cl][Co][Cl]. The molecule has 0 aliphatic rings. The normalized spacial score (nSPS) is 10.8. The summed E-state index contributed by atoms with van der Waals surface area (Å²) in [6.45, 7) is 1.31. The van der Waals surface area contributed by atoms with E-state index in [1.165, 1.54) is 0 Å². The fraction of sp³-hybridized carbons (Fsp3) is 0.143. The maximum atomic E-state index is 4.73. The van der Waals surface area contributed by atoms with Crippen molar-refractivity contribution in [1.82, 2.24) is 9.97 Å². The van der Waals surface area contributed by atoms with Crippen molar-refractivity contribution in [2.75, 3.05) is 13.1 Å². The molecule has 113 valence electrons. The van der Waals surface area contributed by atoms with Gasteiger partial charge < -0.3 is 0 Å². The fourth-order valence-corrected chi connectivity index (χ4v) is 1.34. The molecule has 0 N–H and O–H groups in total. The molecule has 4 nitrogen and oxygen atoms in total. The summed E-state index contributed by atoms with van der Waals surface area (Å²) in [4.78, 5) is 16.8.